The van der Waals surface area contributed by atoms with Gasteiger partial charge >= 0.3 is 0 Å². The fourth-order valence-electron chi connectivity index (χ4n) is 1.45. The van der Waals surface area contributed by atoms with Crippen molar-refractivity contribution >= 4 is 5.69 Å². The first-order chi connectivity index (χ1) is 7.20. The summed E-state index contributed by atoms with van der Waals surface area (Å²) in [6.45, 7) is 4.28. The summed E-state index contributed by atoms with van der Waals surface area (Å²) in [5.41, 5.74) is 2.42. The van der Waals surface area contributed by atoms with Crippen LogP contribution in [0.5, 0.6) is 0 Å². The van der Waals surface area contributed by atoms with Crippen LogP contribution in [-0.2, 0) is 0 Å². The summed E-state index contributed by atoms with van der Waals surface area (Å²) in [4.78, 5) is 6.29. The van der Waals surface area contributed by atoms with Crippen LogP contribution >= 0.6 is 0 Å². The van der Waals surface area contributed by atoms with E-state index in [1.165, 1.54) is 24.1 Å². The van der Waals surface area contributed by atoms with Gasteiger partial charge in [0.05, 0.1) is 0 Å². The molecule has 0 amide bonds. The molecular formula is C12H21N3. The average Bonchev–Trinajstić information content (AvgIpc) is 2.20. The van der Waals surface area contributed by atoms with Gasteiger partial charge in [0.25, 0.3) is 0 Å². The van der Waals surface area contributed by atoms with Crippen LogP contribution in [0.4, 0.5) is 5.69 Å². The molecule has 84 valence electrons. The molecule has 3 heteroatoms. The van der Waals surface area contributed by atoms with Crippen molar-refractivity contribution in [3.63, 3.8) is 0 Å². The van der Waals surface area contributed by atoms with Gasteiger partial charge in [-0.3, -0.25) is 4.98 Å². The molecule has 0 spiro atoms. The molecule has 0 aliphatic rings. The van der Waals surface area contributed by atoms with E-state index in [1.807, 2.05) is 18.5 Å². The maximum absolute atomic E-state index is 4.07. The summed E-state index contributed by atoms with van der Waals surface area (Å²) in [6, 6.07) is 2.03. The summed E-state index contributed by atoms with van der Waals surface area (Å²) >= 11 is 0. The van der Waals surface area contributed by atoms with Crippen molar-refractivity contribution in [3.05, 3.63) is 24.0 Å². The molecule has 0 bridgehead atoms. The Morgan fingerprint density at radius 2 is 2.13 bits per heavy atom. The number of anilines is 1. The van der Waals surface area contributed by atoms with Gasteiger partial charge in [0, 0.05) is 24.6 Å². The van der Waals surface area contributed by atoms with Crippen LogP contribution in [0.25, 0.3) is 0 Å². The van der Waals surface area contributed by atoms with Gasteiger partial charge in [-0.15, -0.1) is 0 Å². The summed E-state index contributed by atoms with van der Waals surface area (Å²) in [5, 5.41) is 3.43. The van der Waals surface area contributed by atoms with E-state index < -0.39 is 0 Å². The van der Waals surface area contributed by atoms with Crippen molar-refractivity contribution in [2.75, 3.05) is 32.5 Å². The third-order valence-corrected chi connectivity index (χ3v) is 2.37. The molecule has 15 heavy (non-hydrogen) atoms. The fraction of sp³-hybridized carbons (Fsp3) is 0.583. The van der Waals surface area contributed by atoms with Crippen LogP contribution in [0.15, 0.2) is 18.5 Å². The molecule has 0 aromatic carbocycles. The first kappa shape index (κ1) is 12.0. The number of hydrogen-bond acceptors (Lipinski definition) is 3. The van der Waals surface area contributed by atoms with Gasteiger partial charge in [0.1, 0.15) is 0 Å². The monoisotopic (exact) mass is 207 g/mol. The fourth-order valence-corrected chi connectivity index (χ4v) is 1.45. The Bertz CT molecular complexity index is 284. The minimum atomic E-state index is 1.04. The topological polar surface area (TPSA) is 28.2 Å². The highest BCUT2D eigenvalue weighted by Gasteiger charge is 1.96. The Morgan fingerprint density at radius 3 is 2.80 bits per heavy atom. The van der Waals surface area contributed by atoms with E-state index in [-0.39, 0.29) is 0 Å². The number of aryl methyl sites for hydroxylation is 1. The minimum absolute atomic E-state index is 1.04. The lowest BCUT2D eigenvalue weighted by atomic mass is 10.2. The van der Waals surface area contributed by atoms with Crippen LogP contribution in [0.2, 0.25) is 0 Å². The normalized spacial score (nSPS) is 10.7. The molecular weight excluding hydrogens is 186 g/mol. The van der Waals surface area contributed by atoms with Crippen LogP contribution < -0.4 is 5.32 Å². The van der Waals surface area contributed by atoms with Gasteiger partial charge in [0.15, 0.2) is 0 Å². The average molecular weight is 207 g/mol. The predicted octanol–water partition coefficient (Wildman–Crippen LogP) is 2.14. The second-order valence-corrected chi connectivity index (χ2v) is 4.13. The highest BCUT2D eigenvalue weighted by Crippen LogP contribution is 2.11. The van der Waals surface area contributed by atoms with Crippen molar-refractivity contribution in [1.29, 1.82) is 0 Å². The van der Waals surface area contributed by atoms with E-state index in [0.717, 1.165) is 13.1 Å². The van der Waals surface area contributed by atoms with E-state index in [2.05, 4.69) is 36.2 Å². The Balaban J connectivity index is 2.18. The smallest absolute Gasteiger partial charge is 0.0400 e. The third-order valence-electron chi connectivity index (χ3n) is 2.37. The lowest BCUT2D eigenvalue weighted by molar-refractivity contribution is 0.396. The van der Waals surface area contributed by atoms with Gasteiger partial charge in [-0.25, -0.2) is 0 Å². The Labute approximate surface area is 92.5 Å². The van der Waals surface area contributed by atoms with E-state index in [1.54, 1.807) is 0 Å². The maximum atomic E-state index is 4.07. The van der Waals surface area contributed by atoms with Crippen molar-refractivity contribution < 1.29 is 0 Å². The molecule has 0 aliphatic heterocycles. The standard InChI is InChI=1S/C12H21N3/c1-11-10-13-8-6-12(11)14-7-4-5-9-15(2)3/h6,8,10H,4-5,7,9H2,1-3H3,(H,13,14). The molecule has 3 nitrogen and oxygen atoms in total. The largest absolute Gasteiger partial charge is 0.385 e. The van der Waals surface area contributed by atoms with Gasteiger partial charge in [-0.05, 0) is 52.0 Å². The number of nitrogens with one attached hydrogen (secondary N) is 1. The molecule has 0 saturated carbocycles. The van der Waals surface area contributed by atoms with E-state index in [0.29, 0.717) is 0 Å². The molecule has 0 unspecified atom stereocenters. The first-order valence-electron chi connectivity index (χ1n) is 5.49. The number of pyridine rings is 1. The summed E-state index contributed by atoms with van der Waals surface area (Å²) in [7, 11) is 4.22. The number of hydrogen-bond donors (Lipinski definition) is 1. The molecule has 0 saturated heterocycles. The van der Waals surface area contributed by atoms with Crippen LogP contribution in [0, 0.1) is 6.92 Å². The van der Waals surface area contributed by atoms with Crippen LogP contribution in [0.3, 0.4) is 0 Å². The summed E-state index contributed by atoms with van der Waals surface area (Å²) in [5.74, 6) is 0. The molecule has 0 aliphatic carbocycles. The molecule has 1 heterocycles. The maximum Gasteiger partial charge on any atom is 0.0400 e. The van der Waals surface area contributed by atoms with Gasteiger partial charge in [0.2, 0.25) is 0 Å². The summed E-state index contributed by atoms with van der Waals surface area (Å²) in [6.07, 6.45) is 6.17. The predicted molar refractivity (Wildman–Crippen MR) is 65.3 cm³/mol. The lowest BCUT2D eigenvalue weighted by Gasteiger charge is -2.11. The van der Waals surface area contributed by atoms with Crippen molar-refractivity contribution in [2.24, 2.45) is 0 Å². The van der Waals surface area contributed by atoms with Gasteiger partial charge in [-0.2, -0.15) is 0 Å². The third kappa shape index (κ3) is 4.79. The zero-order chi connectivity index (χ0) is 11.1. The molecule has 1 rings (SSSR count). The molecule has 1 aromatic rings. The zero-order valence-corrected chi connectivity index (χ0v) is 9.95. The second kappa shape index (κ2) is 6.40. The molecule has 0 atom stereocenters. The Morgan fingerprint density at radius 1 is 1.33 bits per heavy atom. The Kier molecular flexibility index (Phi) is 5.12. The lowest BCUT2D eigenvalue weighted by Crippen LogP contribution is -2.14. The number of unbranched alkanes of at least 4 members (excludes halogenated alkanes) is 1. The van der Waals surface area contributed by atoms with Crippen molar-refractivity contribution in [2.45, 2.75) is 19.8 Å². The second-order valence-electron chi connectivity index (χ2n) is 4.13. The summed E-state index contributed by atoms with van der Waals surface area (Å²) < 4.78 is 0. The zero-order valence-electron chi connectivity index (χ0n) is 9.95. The van der Waals surface area contributed by atoms with E-state index in [9.17, 15) is 0 Å². The molecule has 1 aromatic heterocycles. The van der Waals surface area contributed by atoms with E-state index in [4.69, 9.17) is 0 Å². The van der Waals surface area contributed by atoms with Crippen LogP contribution in [-0.4, -0.2) is 37.1 Å². The van der Waals surface area contributed by atoms with Crippen LogP contribution in [0.1, 0.15) is 18.4 Å². The van der Waals surface area contributed by atoms with E-state index >= 15 is 0 Å². The quantitative estimate of drug-likeness (QED) is 0.724. The first-order valence-corrected chi connectivity index (χ1v) is 5.49. The number of aromatic nitrogens is 1. The van der Waals surface area contributed by atoms with Crippen molar-refractivity contribution in [3.8, 4) is 0 Å². The highest BCUT2D eigenvalue weighted by molar-refractivity contribution is 5.48. The number of nitrogens with zero attached hydrogens (tertiary/aromatic N) is 2. The van der Waals surface area contributed by atoms with Gasteiger partial charge in [-0.1, -0.05) is 0 Å². The SMILES string of the molecule is Cc1cnccc1NCCCCN(C)C. The Hall–Kier alpha value is -1.09. The van der Waals surface area contributed by atoms with Gasteiger partial charge < -0.3 is 10.2 Å². The van der Waals surface area contributed by atoms with Crippen molar-refractivity contribution in [1.82, 2.24) is 9.88 Å². The highest BCUT2D eigenvalue weighted by atomic mass is 15.0. The minimum Gasteiger partial charge on any atom is -0.385 e. The molecule has 1 N–H and O–H groups in total. The number of rotatable bonds is 6. The molecule has 0 fully saturated rings. The molecule has 0 radical (unpaired) electrons.